The Bertz CT molecular complexity index is 1080. The Labute approximate surface area is 173 Å². The number of benzene rings is 1. The van der Waals surface area contributed by atoms with Gasteiger partial charge in [0.25, 0.3) is 0 Å². The monoisotopic (exact) mass is 404 g/mol. The van der Waals surface area contributed by atoms with Gasteiger partial charge < -0.3 is 16.4 Å². The van der Waals surface area contributed by atoms with Crippen molar-refractivity contribution in [1.82, 2.24) is 14.6 Å². The lowest BCUT2D eigenvalue weighted by Gasteiger charge is -2.27. The third-order valence-electron chi connectivity index (χ3n) is 5.46. The van der Waals surface area contributed by atoms with Crippen molar-refractivity contribution in [2.45, 2.75) is 37.8 Å². The van der Waals surface area contributed by atoms with E-state index in [0.717, 1.165) is 59.8 Å². The predicted octanol–water partition coefficient (Wildman–Crippen LogP) is 4.88. The molecule has 1 fully saturated rings. The summed E-state index contributed by atoms with van der Waals surface area (Å²) in [6.45, 7) is 0. The highest BCUT2D eigenvalue weighted by molar-refractivity contribution is 7.08. The van der Waals surface area contributed by atoms with E-state index < -0.39 is 0 Å². The van der Waals surface area contributed by atoms with Crippen LogP contribution < -0.4 is 16.4 Å². The molecule has 1 saturated carbocycles. The van der Waals surface area contributed by atoms with Crippen LogP contribution in [-0.4, -0.2) is 26.7 Å². The molecule has 3 aromatic heterocycles. The number of hydrogen-bond acceptors (Lipinski definition) is 6. The number of nitrogens with zero attached hydrogens (tertiary/aromatic N) is 3. The fraction of sp³-hybridized carbons (Fsp3) is 0.273. The number of aromatic nitrogens is 3. The molecule has 148 valence electrons. The largest absolute Gasteiger partial charge is 0.366 e. The van der Waals surface area contributed by atoms with Gasteiger partial charge in [-0.05, 0) is 49.3 Å². The number of para-hydroxylation sites is 1. The molecule has 4 N–H and O–H groups in total. The Morgan fingerprint density at radius 2 is 1.90 bits per heavy atom. The first-order chi connectivity index (χ1) is 14.3. The van der Waals surface area contributed by atoms with Gasteiger partial charge in [-0.25, -0.2) is 9.50 Å². The minimum atomic E-state index is 0.331. The Morgan fingerprint density at radius 3 is 2.66 bits per heavy atom. The number of anilines is 3. The Hall–Kier alpha value is -2.90. The molecule has 5 rings (SSSR count). The summed E-state index contributed by atoms with van der Waals surface area (Å²) in [6, 6.07) is 15.0. The van der Waals surface area contributed by atoms with Gasteiger partial charge in [0.15, 0.2) is 5.65 Å². The van der Waals surface area contributed by atoms with Crippen molar-refractivity contribution in [2.75, 3.05) is 10.6 Å². The average molecular weight is 405 g/mol. The van der Waals surface area contributed by atoms with Crippen LogP contribution in [0.2, 0.25) is 0 Å². The van der Waals surface area contributed by atoms with Crippen molar-refractivity contribution >= 4 is 34.2 Å². The van der Waals surface area contributed by atoms with Crippen LogP contribution in [0.25, 0.3) is 16.9 Å². The fourth-order valence-corrected chi connectivity index (χ4v) is 4.54. The molecule has 0 unspecified atom stereocenters. The number of imidazole rings is 1. The third-order valence-corrected chi connectivity index (χ3v) is 6.14. The van der Waals surface area contributed by atoms with E-state index in [1.54, 1.807) is 11.3 Å². The highest BCUT2D eigenvalue weighted by Crippen LogP contribution is 2.30. The Balaban J connectivity index is 1.54. The summed E-state index contributed by atoms with van der Waals surface area (Å²) in [5, 5.41) is 16.2. The van der Waals surface area contributed by atoms with Crippen LogP contribution in [0, 0.1) is 0 Å². The third kappa shape index (κ3) is 3.83. The molecular weight excluding hydrogens is 380 g/mol. The molecule has 1 aliphatic rings. The molecule has 0 aliphatic heterocycles. The van der Waals surface area contributed by atoms with Gasteiger partial charge in [0, 0.05) is 34.8 Å². The lowest BCUT2D eigenvalue weighted by atomic mass is 9.92. The van der Waals surface area contributed by atoms with E-state index in [0.29, 0.717) is 12.1 Å². The molecule has 0 saturated heterocycles. The molecule has 0 spiro atoms. The molecule has 0 radical (unpaired) electrons. The van der Waals surface area contributed by atoms with Crippen molar-refractivity contribution in [3.8, 4) is 11.3 Å². The number of nitrogens with one attached hydrogen (secondary N) is 2. The Morgan fingerprint density at radius 1 is 1.07 bits per heavy atom. The predicted molar refractivity (Wildman–Crippen MR) is 120 cm³/mol. The highest BCUT2D eigenvalue weighted by Gasteiger charge is 2.20. The van der Waals surface area contributed by atoms with E-state index in [2.05, 4.69) is 50.6 Å². The van der Waals surface area contributed by atoms with E-state index >= 15 is 0 Å². The number of nitrogens with two attached hydrogens (primary N) is 1. The van der Waals surface area contributed by atoms with E-state index in [9.17, 15) is 0 Å². The second-order valence-electron chi connectivity index (χ2n) is 7.58. The molecule has 29 heavy (non-hydrogen) atoms. The average Bonchev–Trinajstić information content (AvgIpc) is 3.40. The number of fused-ring (bicyclic) bond motifs is 1. The maximum absolute atomic E-state index is 6.07. The van der Waals surface area contributed by atoms with Crippen LogP contribution >= 0.6 is 11.3 Å². The van der Waals surface area contributed by atoms with Crippen LogP contribution in [0.1, 0.15) is 25.7 Å². The summed E-state index contributed by atoms with van der Waals surface area (Å²) < 4.78 is 1.93. The van der Waals surface area contributed by atoms with Crippen molar-refractivity contribution in [1.29, 1.82) is 0 Å². The molecule has 7 heteroatoms. The van der Waals surface area contributed by atoms with Gasteiger partial charge in [-0.1, -0.05) is 18.2 Å². The zero-order chi connectivity index (χ0) is 19.6. The first kappa shape index (κ1) is 18.1. The summed E-state index contributed by atoms with van der Waals surface area (Å²) >= 11 is 1.67. The van der Waals surface area contributed by atoms with Crippen molar-refractivity contribution in [3.63, 3.8) is 0 Å². The van der Waals surface area contributed by atoms with E-state index in [4.69, 9.17) is 10.8 Å². The van der Waals surface area contributed by atoms with Crippen LogP contribution in [-0.2, 0) is 0 Å². The normalized spacial score (nSPS) is 19.3. The minimum absolute atomic E-state index is 0.331. The van der Waals surface area contributed by atoms with Gasteiger partial charge in [0.1, 0.15) is 5.82 Å². The van der Waals surface area contributed by atoms with Crippen molar-refractivity contribution < 1.29 is 0 Å². The second-order valence-corrected chi connectivity index (χ2v) is 8.36. The molecule has 3 heterocycles. The standard InChI is InChI=1S/C22H24N6S/c23-16-6-8-18(9-7-16)26-21-12-19(25-17-4-2-1-3-5-17)22-24-13-20(28(22)27-21)15-10-11-29-14-15/h1-5,10-14,16,18,25H,6-9,23H2,(H,26,27)/t16-,18-. The number of rotatable bonds is 5. The maximum atomic E-state index is 6.07. The molecule has 4 aromatic rings. The van der Waals surface area contributed by atoms with E-state index in [-0.39, 0.29) is 0 Å². The first-order valence-electron chi connectivity index (χ1n) is 10.0. The van der Waals surface area contributed by atoms with Gasteiger partial charge in [-0.15, -0.1) is 5.10 Å². The zero-order valence-corrected chi connectivity index (χ0v) is 16.9. The van der Waals surface area contributed by atoms with Crippen molar-refractivity contribution in [3.05, 3.63) is 59.4 Å². The lowest BCUT2D eigenvalue weighted by molar-refractivity contribution is 0.410. The van der Waals surface area contributed by atoms with Crippen molar-refractivity contribution in [2.24, 2.45) is 5.73 Å². The van der Waals surface area contributed by atoms with Gasteiger partial charge in [-0.2, -0.15) is 11.3 Å². The number of thiophene rings is 1. The second kappa shape index (κ2) is 7.85. The summed E-state index contributed by atoms with van der Waals surface area (Å²) in [5.74, 6) is 0.853. The maximum Gasteiger partial charge on any atom is 0.178 e. The SMILES string of the molecule is N[C@H]1CC[C@H](Nc2cc(Nc3ccccc3)c3ncc(-c4ccsc4)n3n2)CC1. The van der Waals surface area contributed by atoms with Crippen LogP contribution in [0.4, 0.5) is 17.2 Å². The van der Waals surface area contributed by atoms with Crippen LogP contribution in [0.15, 0.2) is 59.4 Å². The van der Waals surface area contributed by atoms with Gasteiger partial charge in [0.2, 0.25) is 0 Å². The highest BCUT2D eigenvalue weighted by atomic mass is 32.1. The van der Waals surface area contributed by atoms with Crippen LogP contribution in [0.3, 0.4) is 0 Å². The Kier molecular flexibility index (Phi) is 4.91. The summed E-state index contributed by atoms with van der Waals surface area (Å²) in [5.41, 5.74) is 11.0. The molecule has 1 aliphatic carbocycles. The van der Waals surface area contributed by atoms with Gasteiger partial charge >= 0.3 is 0 Å². The molecule has 0 bridgehead atoms. The van der Waals surface area contributed by atoms with E-state index in [1.807, 2.05) is 28.9 Å². The topological polar surface area (TPSA) is 80.3 Å². The van der Waals surface area contributed by atoms with Gasteiger partial charge in [-0.3, -0.25) is 0 Å². The smallest absolute Gasteiger partial charge is 0.178 e. The lowest BCUT2D eigenvalue weighted by Crippen LogP contribution is -2.33. The first-order valence-corrected chi connectivity index (χ1v) is 11.0. The minimum Gasteiger partial charge on any atom is -0.366 e. The van der Waals surface area contributed by atoms with Gasteiger partial charge in [0.05, 0.1) is 17.6 Å². The summed E-state index contributed by atoms with van der Waals surface area (Å²) in [4.78, 5) is 4.67. The number of hydrogen-bond donors (Lipinski definition) is 3. The zero-order valence-electron chi connectivity index (χ0n) is 16.1. The quantitative estimate of drug-likeness (QED) is 0.442. The van der Waals surface area contributed by atoms with Crippen LogP contribution in [0.5, 0.6) is 0 Å². The summed E-state index contributed by atoms with van der Waals surface area (Å²) in [6.07, 6.45) is 6.15. The molecule has 1 aromatic carbocycles. The fourth-order valence-electron chi connectivity index (χ4n) is 3.89. The molecule has 0 atom stereocenters. The van der Waals surface area contributed by atoms with E-state index in [1.165, 1.54) is 0 Å². The summed E-state index contributed by atoms with van der Waals surface area (Å²) in [7, 11) is 0. The molecule has 0 amide bonds. The molecular formula is C22H24N6S. The molecule has 6 nitrogen and oxygen atoms in total.